The van der Waals surface area contributed by atoms with Gasteiger partial charge in [0.1, 0.15) is 11.5 Å². The smallest absolute Gasteiger partial charge is 0.308 e. The van der Waals surface area contributed by atoms with Crippen LogP contribution in [0.2, 0.25) is 0 Å². The second-order valence-electron chi connectivity index (χ2n) is 5.76. The van der Waals surface area contributed by atoms with E-state index < -0.39 is 11.8 Å². The van der Waals surface area contributed by atoms with Gasteiger partial charge in [0, 0.05) is 29.3 Å². The van der Waals surface area contributed by atoms with Crippen LogP contribution in [0.15, 0.2) is 79.1 Å². The van der Waals surface area contributed by atoms with Crippen molar-refractivity contribution < 1.29 is 9.18 Å². The van der Waals surface area contributed by atoms with E-state index in [1.165, 1.54) is 18.2 Å². The predicted molar refractivity (Wildman–Crippen MR) is 99.7 cm³/mol. The zero-order chi connectivity index (χ0) is 17.9. The molecule has 0 aliphatic carbocycles. The molecular weight excluding hydrogens is 331 g/mol. The van der Waals surface area contributed by atoms with E-state index >= 15 is 0 Å². The highest BCUT2D eigenvalue weighted by Gasteiger charge is 2.07. The van der Waals surface area contributed by atoms with E-state index in [9.17, 15) is 9.18 Å². The van der Waals surface area contributed by atoms with Gasteiger partial charge in [-0.25, -0.2) is 14.2 Å². The summed E-state index contributed by atoms with van der Waals surface area (Å²) in [4.78, 5) is 16.7. The molecule has 0 atom stereocenters. The number of aromatic nitrogens is 2. The lowest BCUT2D eigenvalue weighted by Crippen LogP contribution is -2.19. The van der Waals surface area contributed by atoms with Crippen molar-refractivity contribution in [2.24, 2.45) is 0 Å². The third-order valence-corrected chi connectivity index (χ3v) is 3.86. The third kappa shape index (κ3) is 3.39. The van der Waals surface area contributed by atoms with E-state index in [1.807, 2.05) is 53.2 Å². The summed E-state index contributed by atoms with van der Waals surface area (Å²) in [7, 11) is 0. The number of carbonyl (C=O) groups excluding carboxylic acids is 1. The molecule has 26 heavy (non-hydrogen) atoms. The van der Waals surface area contributed by atoms with Gasteiger partial charge in [-0.3, -0.25) is 0 Å². The molecule has 0 saturated carbocycles. The number of nitrogens with zero attached hydrogens (tertiary/aromatic N) is 2. The Bertz CT molecular complexity index is 1060. The van der Waals surface area contributed by atoms with Gasteiger partial charge in [-0.05, 0) is 42.5 Å². The van der Waals surface area contributed by atoms with Crippen LogP contribution >= 0.6 is 0 Å². The molecule has 0 radical (unpaired) electrons. The number of rotatable bonds is 3. The summed E-state index contributed by atoms with van der Waals surface area (Å²) in [5, 5.41) is 5.35. The summed E-state index contributed by atoms with van der Waals surface area (Å²) < 4.78 is 15.1. The number of fused-ring (bicyclic) bond motifs is 1. The molecule has 0 bridgehead atoms. The molecule has 0 fully saturated rings. The molecule has 128 valence electrons. The van der Waals surface area contributed by atoms with E-state index in [-0.39, 0.29) is 0 Å². The zero-order valence-electron chi connectivity index (χ0n) is 13.7. The average Bonchev–Trinajstić information content (AvgIpc) is 3.06. The molecular formula is C20H15FN4O. The topological polar surface area (TPSA) is 58.4 Å². The molecule has 2 N–H and O–H groups in total. The summed E-state index contributed by atoms with van der Waals surface area (Å²) in [6.45, 7) is 0. The van der Waals surface area contributed by atoms with E-state index in [0.29, 0.717) is 11.4 Å². The monoisotopic (exact) mass is 346 g/mol. The van der Waals surface area contributed by atoms with E-state index in [2.05, 4.69) is 15.6 Å². The lowest BCUT2D eigenvalue weighted by molar-refractivity contribution is 0.262. The number of imidazole rings is 1. The Balaban J connectivity index is 1.53. The first-order valence-electron chi connectivity index (χ1n) is 8.05. The number of hydrogen-bond acceptors (Lipinski definition) is 2. The second kappa shape index (κ2) is 6.68. The first kappa shape index (κ1) is 15.8. The maximum atomic E-state index is 13.2. The molecule has 2 aromatic carbocycles. The maximum absolute atomic E-state index is 13.2. The minimum absolute atomic E-state index is 0.388. The van der Waals surface area contributed by atoms with Crippen LogP contribution in [-0.2, 0) is 0 Å². The van der Waals surface area contributed by atoms with Crippen LogP contribution in [0.4, 0.5) is 20.6 Å². The zero-order valence-corrected chi connectivity index (χ0v) is 13.7. The Morgan fingerprint density at radius 1 is 0.923 bits per heavy atom. The lowest BCUT2D eigenvalue weighted by Gasteiger charge is -2.08. The quantitative estimate of drug-likeness (QED) is 0.561. The van der Waals surface area contributed by atoms with Gasteiger partial charge >= 0.3 is 6.03 Å². The molecule has 2 heterocycles. The molecule has 0 unspecified atom stereocenters. The Morgan fingerprint density at radius 3 is 2.46 bits per heavy atom. The summed E-state index contributed by atoms with van der Waals surface area (Å²) in [5.74, 6) is -0.406. The molecule has 4 rings (SSSR count). The fourth-order valence-electron chi connectivity index (χ4n) is 2.69. The molecule has 0 saturated heterocycles. The van der Waals surface area contributed by atoms with Gasteiger partial charge in [0.15, 0.2) is 0 Å². The van der Waals surface area contributed by atoms with Crippen LogP contribution in [0.3, 0.4) is 0 Å². The summed E-state index contributed by atoms with van der Waals surface area (Å²) >= 11 is 0. The van der Waals surface area contributed by atoms with E-state index in [0.717, 1.165) is 16.9 Å². The van der Waals surface area contributed by atoms with Crippen LogP contribution in [0.1, 0.15) is 0 Å². The molecule has 0 aliphatic rings. The first-order valence-corrected chi connectivity index (χ1v) is 8.05. The van der Waals surface area contributed by atoms with E-state index in [1.54, 1.807) is 12.1 Å². The summed E-state index contributed by atoms with van der Waals surface area (Å²) in [6.07, 6.45) is 3.86. The highest BCUT2D eigenvalue weighted by molar-refractivity contribution is 6.00. The van der Waals surface area contributed by atoms with Gasteiger partial charge in [-0.2, -0.15) is 0 Å². The summed E-state index contributed by atoms with van der Waals surface area (Å²) in [5.41, 5.74) is 3.56. The van der Waals surface area contributed by atoms with Crippen molar-refractivity contribution in [2.45, 2.75) is 0 Å². The Kier molecular flexibility index (Phi) is 4.07. The number of nitrogens with one attached hydrogen (secondary N) is 2. The van der Waals surface area contributed by atoms with Crippen LogP contribution < -0.4 is 10.6 Å². The van der Waals surface area contributed by atoms with Crippen molar-refractivity contribution in [3.05, 3.63) is 84.9 Å². The fourth-order valence-corrected chi connectivity index (χ4v) is 2.69. The Labute approximate surface area is 149 Å². The normalized spacial score (nSPS) is 10.7. The Hall–Kier alpha value is -3.67. The molecule has 5 nitrogen and oxygen atoms in total. The van der Waals surface area contributed by atoms with Gasteiger partial charge in [0.2, 0.25) is 0 Å². The molecule has 2 aromatic heterocycles. The van der Waals surface area contributed by atoms with Crippen LogP contribution in [-0.4, -0.2) is 15.4 Å². The number of halogens is 1. The van der Waals surface area contributed by atoms with Gasteiger partial charge in [-0.15, -0.1) is 0 Å². The third-order valence-electron chi connectivity index (χ3n) is 3.86. The van der Waals surface area contributed by atoms with Crippen LogP contribution in [0.5, 0.6) is 0 Å². The van der Waals surface area contributed by atoms with Crippen molar-refractivity contribution in [3.8, 4) is 11.3 Å². The standard InChI is InChI=1S/C20H15FN4O/c21-15-6-4-8-17(12-15)23-20(26)22-16-7-3-5-14(11-16)18-13-25-10-2-1-9-19(25)24-18/h1-13H,(H2,22,23,26). The number of urea groups is 1. The van der Waals surface area contributed by atoms with Crippen molar-refractivity contribution in [3.63, 3.8) is 0 Å². The molecule has 2 amide bonds. The SMILES string of the molecule is O=C(Nc1cccc(F)c1)Nc1cccc(-c2cn3ccccc3n2)c1. The number of benzene rings is 2. The lowest BCUT2D eigenvalue weighted by atomic mass is 10.1. The maximum Gasteiger partial charge on any atom is 0.323 e. The summed E-state index contributed by atoms with van der Waals surface area (Å²) in [6, 6.07) is 18.5. The molecule has 4 aromatic rings. The van der Waals surface area contributed by atoms with Gasteiger partial charge < -0.3 is 15.0 Å². The molecule has 0 spiro atoms. The van der Waals surface area contributed by atoms with Gasteiger partial charge in [0.25, 0.3) is 0 Å². The van der Waals surface area contributed by atoms with E-state index in [4.69, 9.17) is 0 Å². The number of carbonyl (C=O) groups is 1. The first-order chi connectivity index (χ1) is 12.7. The number of pyridine rings is 1. The van der Waals surface area contributed by atoms with Gasteiger partial charge in [0.05, 0.1) is 5.69 Å². The van der Waals surface area contributed by atoms with Crippen LogP contribution in [0, 0.1) is 5.82 Å². The average molecular weight is 346 g/mol. The minimum atomic E-state index is -0.442. The Morgan fingerprint density at radius 2 is 1.69 bits per heavy atom. The molecule has 6 heteroatoms. The highest BCUT2D eigenvalue weighted by Crippen LogP contribution is 2.22. The predicted octanol–water partition coefficient (Wildman–Crippen LogP) is 4.78. The van der Waals surface area contributed by atoms with Crippen molar-refractivity contribution in [2.75, 3.05) is 10.6 Å². The number of hydrogen-bond donors (Lipinski definition) is 2. The van der Waals surface area contributed by atoms with Crippen LogP contribution in [0.25, 0.3) is 16.9 Å². The van der Waals surface area contributed by atoms with Crippen molar-refractivity contribution in [1.82, 2.24) is 9.38 Å². The number of anilines is 2. The minimum Gasteiger partial charge on any atom is -0.308 e. The molecule has 0 aliphatic heterocycles. The number of amides is 2. The van der Waals surface area contributed by atoms with Gasteiger partial charge in [-0.1, -0.05) is 24.3 Å². The van der Waals surface area contributed by atoms with Crippen molar-refractivity contribution in [1.29, 1.82) is 0 Å². The highest BCUT2D eigenvalue weighted by atomic mass is 19.1. The fraction of sp³-hybridized carbons (Fsp3) is 0. The second-order valence-corrected chi connectivity index (χ2v) is 5.76. The van der Waals surface area contributed by atoms with Crippen molar-refractivity contribution >= 4 is 23.1 Å². The largest absolute Gasteiger partial charge is 0.323 e.